The molecule has 0 aliphatic rings. The van der Waals surface area contributed by atoms with Gasteiger partial charge in [-0.3, -0.25) is 4.79 Å². The Morgan fingerprint density at radius 1 is 1.15 bits per heavy atom. The molecule has 0 aliphatic carbocycles. The van der Waals surface area contributed by atoms with Crippen LogP contribution in [-0.2, 0) is 5.75 Å². The molecule has 10 nitrogen and oxygen atoms in total. The molecule has 0 bridgehead atoms. The summed E-state index contributed by atoms with van der Waals surface area (Å²) in [6, 6.07) is 17.7. The van der Waals surface area contributed by atoms with Crippen LogP contribution in [0.5, 0.6) is 0 Å². The number of rotatable bonds is 8. The predicted molar refractivity (Wildman–Crippen MR) is 125 cm³/mol. The number of benzene rings is 2. The molecule has 0 spiro atoms. The second-order valence-corrected chi connectivity index (χ2v) is 8.14. The molecule has 0 fully saturated rings. The summed E-state index contributed by atoms with van der Waals surface area (Å²) in [7, 11) is 0. The van der Waals surface area contributed by atoms with Gasteiger partial charge >= 0.3 is 0 Å². The van der Waals surface area contributed by atoms with Gasteiger partial charge in [0.05, 0.1) is 11.4 Å². The first-order valence-corrected chi connectivity index (χ1v) is 11.2. The van der Waals surface area contributed by atoms with Gasteiger partial charge in [-0.05, 0) is 41.4 Å². The second-order valence-electron chi connectivity index (χ2n) is 7.09. The number of carbonyl (C=O) groups is 1. The lowest BCUT2D eigenvalue weighted by molar-refractivity contribution is 0.0949. The highest BCUT2D eigenvalue weighted by Gasteiger charge is 2.24. The molecule has 0 saturated carbocycles. The van der Waals surface area contributed by atoms with Crippen LogP contribution >= 0.6 is 11.8 Å². The highest BCUT2D eigenvalue weighted by molar-refractivity contribution is 7.98. The summed E-state index contributed by atoms with van der Waals surface area (Å²) in [5.41, 5.74) is 11.9. The van der Waals surface area contributed by atoms with Crippen molar-refractivity contribution in [3.8, 4) is 5.82 Å². The fourth-order valence-electron chi connectivity index (χ4n) is 3.05. The first-order chi connectivity index (χ1) is 16.1. The SMILES string of the molecule is CCC(=NNC(=O)c1nnn(-c2nonc2N)c1CSc1ccc(C)cc1)c1ccccc1. The van der Waals surface area contributed by atoms with Crippen LogP contribution in [0.2, 0.25) is 0 Å². The monoisotopic (exact) mass is 462 g/mol. The summed E-state index contributed by atoms with van der Waals surface area (Å²) in [5, 5.41) is 19.8. The maximum absolute atomic E-state index is 13.0. The number of aryl methyl sites for hydroxylation is 1. The molecule has 1 amide bonds. The summed E-state index contributed by atoms with van der Waals surface area (Å²) >= 11 is 1.53. The highest BCUT2D eigenvalue weighted by Crippen LogP contribution is 2.26. The fraction of sp³-hybridized carbons (Fsp3) is 0.182. The lowest BCUT2D eigenvalue weighted by atomic mass is 10.1. The molecule has 4 rings (SSSR count). The van der Waals surface area contributed by atoms with Gasteiger partial charge in [0.2, 0.25) is 11.6 Å². The molecule has 0 radical (unpaired) electrons. The number of nitrogens with one attached hydrogen (secondary N) is 1. The number of hydrogen-bond acceptors (Lipinski definition) is 9. The topological polar surface area (TPSA) is 137 Å². The molecule has 4 aromatic rings. The number of hydrazone groups is 1. The number of amides is 1. The van der Waals surface area contributed by atoms with E-state index in [1.54, 1.807) is 0 Å². The van der Waals surface area contributed by atoms with Crippen LogP contribution in [0, 0.1) is 6.92 Å². The first-order valence-electron chi connectivity index (χ1n) is 10.2. The van der Waals surface area contributed by atoms with Gasteiger partial charge in [-0.15, -0.1) is 16.9 Å². The van der Waals surface area contributed by atoms with Gasteiger partial charge in [0.25, 0.3) is 5.91 Å². The molecule has 2 heterocycles. The molecule has 33 heavy (non-hydrogen) atoms. The van der Waals surface area contributed by atoms with Crippen molar-refractivity contribution in [1.29, 1.82) is 0 Å². The number of anilines is 1. The Hall–Kier alpha value is -3.99. The van der Waals surface area contributed by atoms with E-state index in [2.05, 4.69) is 31.2 Å². The standard InChI is InChI=1S/C22H22N8O2S/c1-3-17(15-7-5-4-6-8-15)24-26-22(31)19-18(13-33-16-11-9-14(2)10-12-16)30(29-25-19)21-20(23)27-32-28-21/h4-12H,3,13H2,1-2H3,(H2,23,27)(H,26,31). The third kappa shape index (κ3) is 5.09. The third-order valence-corrected chi connectivity index (χ3v) is 5.83. The fourth-order valence-corrected chi connectivity index (χ4v) is 3.94. The third-order valence-electron chi connectivity index (χ3n) is 4.81. The molecule has 3 N–H and O–H groups in total. The Bertz CT molecular complexity index is 1270. The number of nitrogens with zero attached hydrogens (tertiary/aromatic N) is 6. The normalized spacial score (nSPS) is 11.5. The zero-order valence-corrected chi connectivity index (χ0v) is 18.9. The van der Waals surface area contributed by atoms with Crippen molar-refractivity contribution in [3.63, 3.8) is 0 Å². The average Bonchev–Trinajstić information content (AvgIpc) is 3.45. The molecule has 2 aromatic heterocycles. The average molecular weight is 463 g/mol. The summed E-state index contributed by atoms with van der Waals surface area (Å²) in [4.78, 5) is 14.0. The Kier molecular flexibility index (Phi) is 6.79. The molecule has 168 valence electrons. The second kappa shape index (κ2) is 10.1. The molecule has 11 heteroatoms. The van der Waals surface area contributed by atoms with Crippen molar-refractivity contribution in [1.82, 2.24) is 30.7 Å². The van der Waals surface area contributed by atoms with Crippen molar-refractivity contribution in [3.05, 3.63) is 77.1 Å². The van der Waals surface area contributed by atoms with Gasteiger partial charge in [-0.2, -0.15) is 9.78 Å². The van der Waals surface area contributed by atoms with Gasteiger partial charge in [0.15, 0.2) is 5.69 Å². The van der Waals surface area contributed by atoms with E-state index in [4.69, 9.17) is 10.4 Å². The minimum atomic E-state index is -0.488. The number of carbonyl (C=O) groups excluding carboxylic acids is 1. The number of nitrogen functional groups attached to an aromatic ring is 1. The van der Waals surface area contributed by atoms with Crippen LogP contribution < -0.4 is 11.2 Å². The quantitative estimate of drug-likeness (QED) is 0.231. The van der Waals surface area contributed by atoms with Gasteiger partial charge in [-0.25, -0.2) is 10.1 Å². The van der Waals surface area contributed by atoms with Crippen LogP contribution in [0.25, 0.3) is 5.82 Å². The minimum absolute atomic E-state index is 0.0452. The largest absolute Gasteiger partial charge is 0.378 e. The number of nitrogens with two attached hydrogens (primary N) is 1. The molecular formula is C22H22N8O2S. The number of thioether (sulfide) groups is 1. The lowest BCUT2D eigenvalue weighted by Crippen LogP contribution is -2.22. The van der Waals surface area contributed by atoms with Crippen LogP contribution in [0.15, 0.2) is 69.2 Å². The maximum Gasteiger partial charge on any atom is 0.293 e. The molecular weight excluding hydrogens is 440 g/mol. The molecule has 0 unspecified atom stereocenters. The number of aromatic nitrogens is 5. The maximum atomic E-state index is 13.0. The van der Waals surface area contributed by atoms with E-state index in [9.17, 15) is 4.79 Å². The highest BCUT2D eigenvalue weighted by atomic mass is 32.2. The zero-order chi connectivity index (χ0) is 23.2. The Labute approximate surface area is 194 Å². The van der Waals surface area contributed by atoms with Crippen molar-refractivity contribution < 1.29 is 9.42 Å². The lowest BCUT2D eigenvalue weighted by Gasteiger charge is -2.07. The summed E-state index contributed by atoms with van der Waals surface area (Å²) < 4.78 is 6.06. The van der Waals surface area contributed by atoms with E-state index in [0.717, 1.165) is 21.7 Å². The molecule has 2 aromatic carbocycles. The van der Waals surface area contributed by atoms with E-state index < -0.39 is 5.91 Å². The Morgan fingerprint density at radius 2 is 1.91 bits per heavy atom. The van der Waals surface area contributed by atoms with Gasteiger partial charge in [-0.1, -0.05) is 60.2 Å². The molecule has 0 aliphatic heterocycles. The van der Waals surface area contributed by atoms with Crippen molar-refractivity contribution >= 4 is 29.2 Å². The van der Waals surface area contributed by atoms with E-state index >= 15 is 0 Å². The van der Waals surface area contributed by atoms with Crippen LogP contribution in [0.1, 0.15) is 40.7 Å². The minimum Gasteiger partial charge on any atom is -0.378 e. The molecule has 0 saturated heterocycles. The van der Waals surface area contributed by atoms with Crippen molar-refractivity contribution in [2.75, 3.05) is 5.73 Å². The van der Waals surface area contributed by atoms with Crippen LogP contribution in [0.4, 0.5) is 5.82 Å². The Balaban J connectivity index is 1.62. The van der Waals surface area contributed by atoms with Crippen LogP contribution in [0.3, 0.4) is 0 Å². The summed E-state index contributed by atoms with van der Waals surface area (Å²) in [6.45, 7) is 4.00. The van der Waals surface area contributed by atoms with Gasteiger partial charge < -0.3 is 5.73 Å². The van der Waals surface area contributed by atoms with Gasteiger partial charge in [0.1, 0.15) is 0 Å². The predicted octanol–water partition coefficient (Wildman–Crippen LogP) is 3.38. The first kappa shape index (κ1) is 22.2. The van der Waals surface area contributed by atoms with E-state index in [1.807, 2.05) is 68.4 Å². The Morgan fingerprint density at radius 3 is 2.58 bits per heavy atom. The van der Waals surface area contributed by atoms with E-state index in [-0.39, 0.29) is 17.3 Å². The summed E-state index contributed by atoms with van der Waals surface area (Å²) in [5.74, 6) is 0.110. The zero-order valence-electron chi connectivity index (χ0n) is 18.1. The van der Waals surface area contributed by atoms with Gasteiger partial charge in [0, 0.05) is 10.6 Å². The molecule has 0 atom stereocenters. The van der Waals surface area contributed by atoms with Crippen molar-refractivity contribution in [2.45, 2.75) is 30.9 Å². The summed E-state index contributed by atoms with van der Waals surface area (Å²) in [6.07, 6.45) is 0.647. The van der Waals surface area contributed by atoms with Crippen molar-refractivity contribution in [2.24, 2.45) is 5.10 Å². The smallest absolute Gasteiger partial charge is 0.293 e. The van der Waals surface area contributed by atoms with Crippen LogP contribution in [-0.4, -0.2) is 36.9 Å². The number of hydrogen-bond donors (Lipinski definition) is 2. The van der Waals surface area contributed by atoms with E-state index in [1.165, 1.54) is 16.4 Å². The van der Waals surface area contributed by atoms with E-state index in [0.29, 0.717) is 17.9 Å².